The lowest BCUT2D eigenvalue weighted by molar-refractivity contribution is -0.140. The van der Waals surface area contributed by atoms with Crippen LogP contribution in [0.25, 0.3) is 0 Å². The molecule has 0 saturated carbocycles. The molecular formula is C15H18F3NO4. The Morgan fingerprint density at radius 2 is 1.96 bits per heavy atom. The Morgan fingerprint density at radius 3 is 2.48 bits per heavy atom. The summed E-state index contributed by atoms with van der Waals surface area (Å²) >= 11 is 0. The number of carbonyl (C=O) groups is 2. The van der Waals surface area contributed by atoms with Crippen molar-refractivity contribution in [2.45, 2.75) is 32.5 Å². The van der Waals surface area contributed by atoms with E-state index in [4.69, 9.17) is 9.84 Å². The average Bonchev–Trinajstić information content (AvgIpc) is 2.44. The van der Waals surface area contributed by atoms with Crippen molar-refractivity contribution in [3.05, 3.63) is 29.8 Å². The molecule has 1 amide bonds. The highest BCUT2D eigenvalue weighted by atomic mass is 19.4. The Hall–Kier alpha value is -2.25. The van der Waals surface area contributed by atoms with Crippen molar-refractivity contribution in [2.24, 2.45) is 0 Å². The molecule has 0 aliphatic rings. The van der Waals surface area contributed by atoms with E-state index in [1.807, 2.05) is 0 Å². The normalized spacial score (nSPS) is 11.4. The molecule has 1 aromatic carbocycles. The number of carbonyl (C=O) groups excluding carboxylic acids is 1. The molecule has 0 aliphatic carbocycles. The lowest BCUT2D eigenvalue weighted by Crippen LogP contribution is -2.41. The molecule has 1 aromatic rings. The van der Waals surface area contributed by atoms with E-state index in [-0.39, 0.29) is 24.8 Å². The van der Waals surface area contributed by atoms with Crippen LogP contribution in [0.5, 0.6) is 5.75 Å². The van der Waals surface area contributed by atoms with Crippen molar-refractivity contribution in [1.82, 2.24) is 4.90 Å². The van der Waals surface area contributed by atoms with Crippen LogP contribution in [-0.4, -0.2) is 41.1 Å². The zero-order valence-electron chi connectivity index (χ0n) is 12.8. The van der Waals surface area contributed by atoms with Crippen LogP contribution in [0.4, 0.5) is 13.2 Å². The molecule has 0 aliphatic heterocycles. The van der Waals surface area contributed by atoms with Crippen LogP contribution in [0.15, 0.2) is 24.3 Å². The average molecular weight is 333 g/mol. The highest BCUT2D eigenvalue weighted by molar-refractivity contribution is 5.78. The molecule has 0 radical (unpaired) electrons. The van der Waals surface area contributed by atoms with Crippen LogP contribution in [0.3, 0.4) is 0 Å². The van der Waals surface area contributed by atoms with Crippen LogP contribution in [0.2, 0.25) is 0 Å². The van der Waals surface area contributed by atoms with Crippen molar-refractivity contribution in [3.63, 3.8) is 0 Å². The van der Waals surface area contributed by atoms with Gasteiger partial charge in [-0.3, -0.25) is 9.59 Å². The van der Waals surface area contributed by atoms with Gasteiger partial charge in [0.05, 0.1) is 12.0 Å². The number of carboxylic acids is 1. The molecule has 0 fully saturated rings. The van der Waals surface area contributed by atoms with Gasteiger partial charge in [-0.2, -0.15) is 13.2 Å². The van der Waals surface area contributed by atoms with Crippen molar-refractivity contribution < 1.29 is 32.6 Å². The van der Waals surface area contributed by atoms with E-state index >= 15 is 0 Å². The summed E-state index contributed by atoms with van der Waals surface area (Å²) in [4.78, 5) is 23.9. The van der Waals surface area contributed by atoms with Crippen LogP contribution in [0.1, 0.15) is 25.8 Å². The second kappa shape index (κ2) is 7.85. The van der Waals surface area contributed by atoms with Gasteiger partial charge in [0.25, 0.3) is 5.91 Å². The van der Waals surface area contributed by atoms with Crippen molar-refractivity contribution in [2.75, 3.05) is 13.2 Å². The molecule has 0 spiro atoms. The Kier molecular flexibility index (Phi) is 6.41. The summed E-state index contributed by atoms with van der Waals surface area (Å²) in [5.74, 6) is -1.60. The minimum atomic E-state index is -4.49. The summed E-state index contributed by atoms with van der Waals surface area (Å²) in [6.07, 6.45) is -4.71. The Bertz CT molecular complexity index is 558. The first-order chi connectivity index (χ1) is 10.6. The Labute approximate surface area is 131 Å². The number of alkyl halides is 3. The van der Waals surface area contributed by atoms with Crippen LogP contribution in [0, 0.1) is 0 Å². The molecule has 0 heterocycles. The molecular weight excluding hydrogens is 315 g/mol. The Balaban J connectivity index is 2.68. The number of hydrogen-bond donors (Lipinski definition) is 1. The first kappa shape index (κ1) is 18.8. The van der Waals surface area contributed by atoms with Gasteiger partial charge in [0.2, 0.25) is 0 Å². The molecule has 1 N–H and O–H groups in total. The monoisotopic (exact) mass is 333 g/mol. The van der Waals surface area contributed by atoms with Crippen molar-refractivity contribution >= 4 is 11.9 Å². The summed E-state index contributed by atoms with van der Waals surface area (Å²) < 4.78 is 42.9. The predicted molar refractivity (Wildman–Crippen MR) is 76.0 cm³/mol. The largest absolute Gasteiger partial charge is 0.484 e. The number of halogens is 3. The molecule has 0 bridgehead atoms. The van der Waals surface area contributed by atoms with Gasteiger partial charge >= 0.3 is 12.1 Å². The first-order valence-electron chi connectivity index (χ1n) is 6.92. The quantitative estimate of drug-likeness (QED) is 0.833. The molecule has 0 aromatic heterocycles. The second-order valence-electron chi connectivity index (χ2n) is 5.14. The fourth-order valence-electron chi connectivity index (χ4n) is 1.88. The fraction of sp³-hybridized carbons (Fsp3) is 0.467. The number of amides is 1. The van der Waals surface area contributed by atoms with E-state index in [0.717, 1.165) is 12.1 Å². The summed E-state index contributed by atoms with van der Waals surface area (Å²) in [6, 6.07) is 3.98. The molecule has 128 valence electrons. The van der Waals surface area contributed by atoms with E-state index in [2.05, 4.69) is 0 Å². The van der Waals surface area contributed by atoms with Gasteiger partial charge in [-0.15, -0.1) is 0 Å². The SMILES string of the molecule is CC(C)N(CCC(=O)O)C(=O)COc1cccc(C(F)(F)F)c1. The number of ether oxygens (including phenoxy) is 1. The minimum absolute atomic E-state index is 0.0117. The summed E-state index contributed by atoms with van der Waals surface area (Å²) in [5, 5.41) is 8.66. The number of rotatable bonds is 7. The van der Waals surface area contributed by atoms with Gasteiger partial charge in [-0.05, 0) is 32.0 Å². The number of benzene rings is 1. The summed E-state index contributed by atoms with van der Waals surface area (Å²) in [5.41, 5.74) is -0.867. The summed E-state index contributed by atoms with van der Waals surface area (Å²) in [7, 11) is 0. The number of nitrogens with zero attached hydrogens (tertiary/aromatic N) is 1. The third-order valence-corrected chi connectivity index (χ3v) is 3.03. The van der Waals surface area contributed by atoms with E-state index in [1.54, 1.807) is 13.8 Å². The van der Waals surface area contributed by atoms with E-state index in [1.165, 1.54) is 17.0 Å². The highest BCUT2D eigenvalue weighted by Crippen LogP contribution is 2.31. The van der Waals surface area contributed by atoms with Gasteiger partial charge in [0.1, 0.15) is 5.75 Å². The van der Waals surface area contributed by atoms with Crippen molar-refractivity contribution in [3.8, 4) is 5.75 Å². The second-order valence-corrected chi connectivity index (χ2v) is 5.14. The lowest BCUT2D eigenvalue weighted by Gasteiger charge is -2.26. The van der Waals surface area contributed by atoms with Gasteiger partial charge in [0, 0.05) is 12.6 Å². The number of aliphatic carboxylic acids is 1. The van der Waals surface area contributed by atoms with Crippen LogP contribution < -0.4 is 4.74 Å². The zero-order valence-corrected chi connectivity index (χ0v) is 12.8. The minimum Gasteiger partial charge on any atom is -0.484 e. The van der Waals surface area contributed by atoms with Gasteiger partial charge < -0.3 is 14.7 Å². The van der Waals surface area contributed by atoms with Crippen molar-refractivity contribution in [1.29, 1.82) is 0 Å². The molecule has 5 nitrogen and oxygen atoms in total. The van der Waals surface area contributed by atoms with E-state index in [0.29, 0.717) is 0 Å². The number of carboxylic acid groups (broad SMARTS) is 1. The molecule has 8 heteroatoms. The Morgan fingerprint density at radius 1 is 1.30 bits per heavy atom. The smallest absolute Gasteiger partial charge is 0.416 e. The van der Waals surface area contributed by atoms with Gasteiger partial charge in [-0.1, -0.05) is 6.07 Å². The molecule has 0 atom stereocenters. The fourth-order valence-corrected chi connectivity index (χ4v) is 1.88. The number of hydrogen-bond acceptors (Lipinski definition) is 3. The maximum absolute atomic E-state index is 12.6. The van der Waals surface area contributed by atoms with E-state index in [9.17, 15) is 22.8 Å². The van der Waals surface area contributed by atoms with E-state index < -0.39 is 30.2 Å². The van der Waals surface area contributed by atoms with Crippen LogP contribution >= 0.6 is 0 Å². The van der Waals surface area contributed by atoms with Crippen LogP contribution in [-0.2, 0) is 15.8 Å². The topological polar surface area (TPSA) is 66.8 Å². The third-order valence-electron chi connectivity index (χ3n) is 3.03. The molecule has 0 saturated heterocycles. The highest BCUT2D eigenvalue weighted by Gasteiger charge is 2.30. The first-order valence-corrected chi connectivity index (χ1v) is 6.92. The molecule has 1 rings (SSSR count). The predicted octanol–water partition coefficient (Wildman–Crippen LogP) is 2.80. The van der Waals surface area contributed by atoms with Gasteiger partial charge in [-0.25, -0.2) is 0 Å². The maximum atomic E-state index is 12.6. The standard InChI is InChI=1S/C15H18F3NO4/c1-10(2)19(7-6-14(21)22)13(20)9-23-12-5-3-4-11(8-12)15(16,17)18/h3-5,8,10H,6-7,9H2,1-2H3,(H,21,22). The van der Waals surface area contributed by atoms with Gasteiger partial charge in [0.15, 0.2) is 6.61 Å². The zero-order chi connectivity index (χ0) is 17.6. The molecule has 23 heavy (non-hydrogen) atoms. The molecule has 0 unspecified atom stereocenters. The maximum Gasteiger partial charge on any atom is 0.416 e. The third kappa shape index (κ3) is 6.17. The lowest BCUT2D eigenvalue weighted by atomic mass is 10.2. The summed E-state index contributed by atoms with van der Waals surface area (Å²) in [6.45, 7) is 2.98.